The Kier molecular flexibility index (Phi) is 3.82. The van der Waals surface area contributed by atoms with Gasteiger partial charge in [0, 0.05) is 36.2 Å². The monoisotopic (exact) mass is 308 g/mol. The molecule has 0 unspecified atom stereocenters. The molecular weight excluding hydrogens is 292 g/mol. The van der Waals surface area contributed by atoms with Crippen molar-refractivity contribution in [2.45, 2.75) is 32.9 Å². The van der Waals surface area contributed by atoms with E-state index >= 15 is 0 Å². The normalized spacial score (nSPS) is 11.8. The highest BCUT2D eigenvalue weighted by atomic mass is 79.9. The van der Waals surface area contributed by atoms with Gasteiger partial charge in [-0.3, -0.25) is 4.98 Å². The van der Waals surface area contributed by atoms with Crippen molar-refractivity contribution in [3.8, 4) is 5.69 Å². The minimum atomic E-state index is 0.0812. The average molecular weight is 309 g/mol. The van der Waals surface area contributed by atoms with Crippen LogP contribution in [0.1, 0.15) is 26.3 Å². The summed E-state index contributed by atoms with van der Waals surface area (Å²) in [6.07, 6.45) is 7.38. The molecule has 0 amide bonds. The Morgan fingerprint density at radius 1 is 1.33 bits per heavy atom. The second-order valence-electron chi connectivity index (χ2n) is 5.21. The number of pyridine rings is 1. The number of hydrogen-bond donors (Lipinski definition) is 1. The molecule has 2 aromatic rings. The third-order valence-electron chi connectivity index (χ3n) is 2.48. The van der Waals surface area contributed by atoms with Crippen molar-refractivity contribution < 1.29 is 0 Å². The van der Waals surface area contributed by atoms with Crippen LogP contribution < -0.4 is 5.32 Å². The summed E-state index contributed by atoms with van der Waals surface area (Å²) in [5.41, 5.74) is 2.26. The molecular formula is C13H17BrN4. The quantitative estimate of drug-likeness (QED) is 0.948. The minimum Gasteiger partial charge on any atom is -0.308 e. The standard InChI is InChI=1S/C13H17BrN4/c1-13(2,3)16-7-10-6-15-5-4-12(10)18-9-11(14)8-17-18/h4-6,8-9,16H,7H2,1-3H3. The third-order valence-corrected chi connectivity index (χ3v) is 2.89. The predicted octanol–water partition coefficient (Wildman–Crippen LogP) is 2.92. The Labute approximate surface area is 116 Å². The zero-order valence-electron chi connectivity index (χ0n) is 10.8. The Morgan fingerprint density at radius 2 is 2.11 bits per heavy atom. The van der Waals surface area contributed by atoms with Crippen LogP contribution in [0, 0.1) is 0 Å². The van der Waals surface area contributed by atoms with Crippen molar-refractivity contribution in [1.82, 2.24) is 20.1 Å². The highest BCUT2D eigenvalue weighted by Crippen LogP contribution is 2.16. The molecule has 2 rings (SSSR count). The second kappa shape index (κ2) is 5.20. The molecule has 0 radical (unpaired) electrons. The molecule has 5 heteroatoms. The van der Waals surface area contributed by atoms with Crippen molar-refractivity contribution in [3.63, 3.8) is 0 Å². The van der Waals surface area contributed by atoms with E-state index < -0.39 is 0 Å². The number of aromatic nitrogens is 3. The minimum absolute atomic E-state index is 0.0812. The molecule has 1 N–H and O–H groups in total. The molecule has 0 saturated carbocycles. The maximum Gasteiger partial charge on any atom is 0.0721 e. The summed E-state index contributed by atoms with van der Waals surface area (Å²) in [6.45, 7) is 7.21. The van der Waals surface area contributed by atoms with Gasteiger partial charge < -0.3 is 5.32 Å². The molecule has 2 aromatic heterocycles. The number of nitrogens with zero attached hydrogens (tertiary/aromatic N) is 3. The molecule has 0 bridgehead atoms. The molecule has 0 aliphatic rings. The van der Waals surface area contributed by atoms with Gasteiger partial charge in [0.05, 0.1) is 16.4 Å². The van der Waals surface area contributed by atoms with Crippen molar-refractivity contribution in [3.05, 3.63) is 40.9 Å². The predicted molar refractivity (Wildman–Crippen MR) is 75.7 cm³/mol. The first-order valence-corrected chi connectivity index (χ1v) is 6.63. The molecule has 0 spiro atoms. The van der Waals surface area contributed by atoms with Gasteiger partial charge in [-0.05, 0) is 42.8 Å². The van der Waals surface area contributed by atoms with Crippen molar-refractivity contribution >= 4 is 15.9 Å². The number of nitrogens with one attached hydrogen (secondary N) is 1. The van der Waals surface area contributed by atoms with Crippen LogP contribution in [0.25, 0.3) is 5.69 Å². The van der Waals surface area contributed by atoms with Gasteiger partial charge in [-0.2, -0.15) is 5.10 Å². The Bertz CT molecular complexity index is 528. The second-order valence-corrected chi connectivity index (χ2v) is 6.13. The lowest BCUT2D eigenvalue weighted by molar-refractivity contribution is 0.423. The van der Waals surface area contributed by atoms with Crippen molar-refractivity contribution in [2.24, 2.45) is 0 Å². The van der Waals surface area contributed by atoms with Crippen LogP contribution in [-0.2, 0) is 6.54 Å². The van der Waals surface area contributed by atoms with E-state index in [2.05, 4.69) is 52.1 Å². The van der Waals surface area contributed by atoms with Crippen LogP contribution in [0.2, 0.25) is 0 Å². The average Bonchev–Trinajstić information content (AvgIpc) is 2.72. The molecule has 4 nitrogen and oxygen atoms in total. The van der Waals surface area contributed by atoms with E-state index in [4.69, 9.17) is 0 Å². The zero-order valence-corrected chi connectivity index (χ0v) is 12.4. The smallest absolute Gasteiger partial charge is 0.0721 e. The van der Waals surface area contributed by atoms with Gasteiger partial charge in [0.1, 0.15) is 0 Å². The number of rotatable bonds is 3. The number of hydrogen-bond acceptors (Lipinski definition) is 3. The van der Waals surface area contributed by atoms with E-state index in [0.29, 0.717) is 0 Å². The van der Waals surface area contributed by atoms with E-state index in [9.17, 15) is 0 Å². The lowest BCUT2D eigenvalue weighted by Crippen LogP contribution is -2.35. The first kappa shape index (κ1) is 13.2. The maximum atomic E-state index is 4.31. The fourth-order valence-electron chi connectivity index (χ4n) is 1.57. The SMILES string of the molecule is CC(C)(C)NCc1cnccc1-n1cc(Br)cn1. The summed E-state index contributed by atoms with van der Waals surface area (Å²) in [5.74, 6) is 0. The Balaban J connectivity index is 2.26. The molecule has 0 aliphatic heterocycles. The van der Waals surface area contributed by atoms with Crippen LogP contribution in [0.15, 0.2) is 35.3 Å². The molecule has 0 atom stereocenters. The van der Waals surface area contributed by atoms with E-state index in [0.717, 1.165) is 22.3 Å². The van der Waals surface area contributed by atoms with Gasteiger partial charge in [-0.15, -0.1) is 0 Å². The summed E-state index contributed by atoms with van der Waals surface area (Å²) < 4.78 is 2.82. The Hall–Kier alpha value is -1.20. The van der Waals surface area contributed by atoms with Crippen LogP contribution in [0.5, 0.6) is 0 Å². The lowest BCUT2D eigenvalue weighted by atomic mass is 10.1. The molecule has 0 fully saturated rings. The first-order chi connectivity index (χ1) is 8.46. The lowest BCUT2D eigenvalue weighted by Gasteiger charge is -2.21. The number of halogens is 1. The van der Waals surface area contributed by atoms with Gasteiger partial charge in [0.2, 0.25) is 0 Å². The van der Waals surface area contributed by atoms with E-state index in [1.54, 1.807) is 12.4 Å². The van der Waals surface area contributed by atoms with E-state index in [-0.39, 0.29) is 5.54 Å². The fourth-order valence-corrected chi connectivity index (χ4v) is 1.86. The molecule has 18 heavy (non-hydrogen) atoms. The topological polar surface area (TPSA) is 42.7 Å². The third kappa shape index (κ3) is 3.40. The maximum absolute atomic E-state index is 4.31. The molecule has 0 aliphatic carbocycles. The van der Waals surface area contributed by atoms with Gasteiger partial charge in [0.15, 0.2) is 0 Å². The summed E-state index contributed by atoms with van der Waals surface area (Å²) in [5, 5.41) is 7.77. The van der Waals surface area contributed by atoms with Gasteiger partial charge in [-0.1, -0.05) is 0 Å². The summed E-state index contributed by atoms with van der Waals surface area (Å²) in [7, 11) is 0. The highest BCUT2D eigenvalue weighted by Gasteiger charge is 2.11. The van der Waals surface area contributed by atoms with Crippen LogP contribution in [-0.4, -0.2) is 20.3 Å². The van der Waals surface area contributed by atoms with Gasteiger partial charge >= 0.3 is 0 Å². The fraction of sp³-hybridized carbons (Fsp3) is 0.385. The summed E-state index contributed by atoms with van der Waals surface area (Å²) >= 11 is 3.41. The van der Waals surface area contributed by atoms with Gasteiger partial charge in [0.25, 0.3) is 0 Å². The van der Waals surface area contributed by atoms with Crippen molar-refractivity contribution in [2.75, 3.05) is 0 Å². The molecule has 2 heterocycles. The molecule has 0 aromatic carbocycles. The highest BCUT2D eigenvalue weighted by molar-refractivity contribution is 9.10. The summed E-state index contributed by atoms with van der Waals surface area (Å²) in [6, 6.07) is 1.97. The van der Waals surface area contributed by atoms with Crippen LogP contribution >= 0.6 is 15.9 Å². The molecule has 96 valence electrons. The zero-order chi connectivity index (χ0) is 13.2. The largest absolute Gasteiger partial charge is 0.308 e. The van der Waals surface area contributed by atoms with E-state index in [1.165, 1.54) is 0 Å². The van der Waals surface area contributed by atoms with E-state index in [1.807, 2.05) is 23.1 Å². The van der Waals surface area contributed by atoms with Crippen molar-refractivity contribution in [1.29, 1.82) is 0 Å². The molecule has 0 saturated heterocycles. The van der Waals surface area contributed by atoms with Gasteiger partial charge in [-0.25, -0.2) is 4.68 Å². The first-order valence-electron chi connectivity index (χ1n) is 5.84. The van der Waals surface area contributed by atoms with Crippen LogP contribution in [0.3, 0.4) is 0 Å². The Morgan fingerprint density at radius 3 is 2.72 bits per heavy atom. The summed E-state index contributed by atoms with van der Waals surface area (Å²) in [4.78, 5) is 4.19. The van der Waals surface area contributed by atoms with Crippen LogP contribution in [0.4, 0.5) is 0 Å².